The standard InChI is InChI=1S/C19H12N2O4S/c22-19-18(26-17-8-4-2-6-14(17)20-19)11-12-9-10-16(25-12)13-5-1-3-7-15(13)21(23)24/h1-11H,(H,20,22). The van der Waals surface area contributed by atoms with E-state index < -0.39 is 4.92 Å². The smallest absolute Gasteiger partial charge is 0.280 e. The Bertz CT molecular complexity index is 1050. The van der Waals surface area contributed by atoms with Gasteiger partial charge in [0, 0.05) is 17.0 Å². The first kappa shape index (κ1) is 16.2. The van der Waals surface area contributed by atoms with Crippen LogP contribution in [0.2, 0.25) is 0 Å². The molecule has 3 aromatic rings. The van der Waals surface area contributed by atoms with E-state index in [1.807, 2.05) is 24.3 Å². The van der Waals surface area contributed by atoms with E-state index in [4.69, 9.17) is 4.42 Å². The van der Waals surface area contributed by atoms with Crippen LogP contribution in [0.1, 0.15) is 5.76 Å². The number of anilines is 1. The van der Waals surface area contributed by atoms with Gasteiger partial charge in [0.15, 0.2) is 0 Å². The number of furan rings is 1. The summed E-state index contributed by atoms with van der Waals surface area (Å²) in [7, 11) is 0. The normalized spacial score (nSPS) is 14.8. The maximum atomic E-state index is 12.3. The Kier molecular flexibility index (Phi) is 4.06. The van der Waals surface area contributed by atoms with E-state index in [1.54, 1.807) is 36.4 Å². The average Bonchev–Trinajstić information content (AvgIpc) is 3.11. The molecule has 1 aliphatic heterocycles. The quantitative estimate of drug-likeness (QED) is 0.404. The minimum absolute atomic E-state index is 0.0280. The van der Waals surface area contributed by atoms with Crippen LogP contribution in [0, 0.1) is 10.1 Å². The lowest BCUT2D eigenvalue weighted by Crippen LogP contribution is -2.16. The molecule has 2 heterocycles. The van der Waals surface area contributed by atoms with Gasteiger partial charge in [-0.15, -0.1) is 0 Å². The summed E-state index contributed by atoms with van der Waals surface area (Å²) in [5.74, 6) is 0.623. The Morgan fingerprint density at radius 3 is 2.65 bits per heavy atom. The van der Waals surface area contributed by atoms with Crippen molar-refractivity contribution in [3.05, 3.63) is 81.4 Å². The number of nitrogens with zero attached hydrogens (tertiary/aromatic N) is 1. The Hall–Kier alpha value is -3.32. The molecule has 0 saturated heterocycles. The number of nitrogens with one attached hydrogen (secondary N) is 1. The maximum Gasteiger partial charge on any atom is 0.280 e. The number of para-hydroxylation sites is 2. The highest BCUT2D eigenvalue weighted by molar-refractivity contribution is 8.04. The number of rotatable bonds is 3. The van der Waals surface area contributed by atoms with Crippen molar-refractivity contribution in [2.75, 3.05) is 5.32 Å². The zero-order chi connectivity index (χ0) is 18.1. The summed E-state index contributed by atoms with van der Waals surface area (Å²) in [6, 6.07) is 17.3. The molecule has 0 radical (unpaired) electrons. The van der Waals surface area contributed by atoms with Crippen molar-refractivity contribution in [2.24, 2.45) is 0 Å². The van der Waals surface area contributed by atoms with Crippen molar-refractivity contribution in [2.45, 2.75) is 4.90 Å². The van der Waals surface area contributed by atoms with E-state index in [9.17, 15) is 14.9 Å². The second kappa shape index (κ2) is 6.53. The molecule has 26 heavy (non-hydrogen) atoms. The summed E-state index contributed by atoms with van der Waals surface area (Å²) in [6.45, 7) is 0. The average molecular weight is 364 g/mol. The molecular formula is C19H12N2O4S. The molecule has 0 aliphatic carbocycles. The van der Waals surface area contributed by atoms with Crippen molar-refractivity contribution in [1.82, 2.24) is 0 Å². The van der Waals surface area contributed by atoms with Crippen LogP contribution in [-0.4, -0.2) is 10.8 Å². The first-order valence-corrected chi connectivity index (χ1v) is 8.57. The fourth-order valence-electron chi connectivity index (χ4n) is 2.65. The summed E-state index contributed by atoms with van der Waals surface area (Å²) < 4.78 is 5.73. The fraction of sp³-hybridized carbons (Fsp3) is 0. The highest BCUT2D eigenvalue weighted by atomic mass is 32.2. The minimum atomic E-state index is -0.447. The van der Waals surface area contributed by atoms with E-state index in [2.05, 4.69) is 5.32 Å². The van der Waals surface area contributed by atoms with Gasteiger partial charge in [-0.25, -0.2) is 0 Å². The predicted molar refractivity (Wildman–Crippen MR) is 99.7 cm³/mol. The van der Waals surface area contributed by atoms with Crippen molar-refractivity contribution in [3.8, 4) is 11.3 Å². The Labute approximate surface area is 152 Å². The number of carbonyl (C=O) groups excluding carboxylic acids is 1. The summed E-state index contributed by atoms with van der Waals surface area (Å²) in [5, 5.41) is 14.0. The highest BCUT2D eigenvalue weighted by Gasteiger charge is 2.22. The first-order valence-electron chi connectivity index (χ1n) is 7.75. The van der Waals surface area contributed by atoms with Gasteiger partial charge in [-0.3, -0.25) is 14.9 Å². The van der Waals surface area contributed by atoms with Gasteiger partial charge in [-0.1, -0.05) is 36.0 Å². The molecule has 0 unspecified atom stereocenters. The number of nitro groups is 1. The number of hydrogen-bond acceptors (Lipinski definition) is 5. The number of benzene rings is 2. The van der Waals surface area contributed by atoms with E-state index in [0.29, 0.717) is 22.0 Å². The van der Waals surface area contributed by atoms with Crippen LogP contribution in [0.5, 0.6) is 0 Å². The number of amides is 1. The van der Waals surface area contributed by atoms with Crippen LogP contribution in [0.15, 0.2) is 74.9 Å². The molecule has 0 atom stereocenters. The first-order chi connectivity index (χ1) is 12.6. The molecule has 4 rings (SSSR count). The predicted octanol–water partition coefficient (Wildman–Crippen LogP) is 4.94. The maximum absolute atomic E-state index is 12.3. The number of thioether (sulfide) groups is 1. The van der Waals surface area contributed by atoms with Crippen LogP contribution in [0.4, 0.5) is 11.4 Å². The fourth-order valence-corrected chi connectivity index (χ4v) is 3.58. The SMILES string of the molecule is O=C1Nc2ccccc2SC1=Cc1ccc(-c2ccccc2[N+](=O)[O-])o1. The summed E-state index contributed by atoms with van der Waals surface area (Å²) in [4.78, 5) is 24.4. The van der Waals surface area contributed by atoms with Gasteiger partial charge < -0.3 is 9.73 Å². The summed E-state index contributed by atoms with van der Waals surface area (Å²) in [5.41, 5.74) is 1.15. The number of carbonyl (C=O) groups is 1. The molecule has 0 spiro atoms. The monoisotopic (exact) mass is 364 g/mol. The molecule has 0 fully saturated rings. The highest BCUT2D eigenvalue weighted by Crippen LogP contribution is 2.39. The van der Waals surface area contributed by atoms with Gasteiger partial charge >= 0.3 is 0 Å². The third-order valence-electron chi connectivity index (χ3n) is 3.85. The van der Waals surface area contributed by atoms with Crippen molar-refractivity contribution in [3.63, 3.8) is 0 Å². The second-order valence-electron chi connectivity index (χ2n) is 5.54. The molecule has 1 amide bonds. The van der Waals surface area contributed by atoms with Crippen LogP contribution in [0.3, 0.4) is 0 Å². The molecule has 128 valence electrons. The van der Waals surface area contributed by atoms with Gasteiger partial charge in [-0.05, 0) is 30.3 Å². The third kappa shape index (κ3) is 3.00. The Morgan fingerprint density at radius 1 is 1.04 bits per heavy atom. The van der Waals surface area contributed by atoms with Crippen LogP contribution < -0.4 is 5.32 Å². The van der Waals surface area contributed by atoms with Gasteiger partial charge in [-0.2, -0.15) is 0 Å². The van der Waals surface area contributed by atoms with Crippen LogP contribution in [-0.2, 0) is 4.79 Å². The van der Waals surface area contributed by atoms with Gasteiger partial charge in [0.1, 0.15) is 11.5 Å². The van der Waals surface area contributed by atoms with Crippen molar-refractivity contribution in [1.29, 1.82) is 0 Å². The molecule has 1 aromatic heterocycles. The van der Waals surface area contributed by atoms with Crippen LogP contribution >= 0.6 is 11.8 Å². The molecule has 2 aromatic carbocycles. The summed E-state index contributed by atoms with van der Waals surface area (Å²) >= 11 is 1.35. The van der Waals surface area contributed by atoms with Gasteiger partial charge in [0.2, 0.25) is 0 Å². The van der Waals surface area contributed by atoms with Crippen LogP contribution in [0.25, 0.3) is 17.4 Å². The largest absolute Gasteiger partial charge is 0.456 e. The van der Waals surface area contributed by atoms with Gasteiger partial charge in [0.05, 0.1) is 21.1 Å². The number of fused-ring (bicyclic) bond motifs is 1. The lowest BCUT2D eigenvalue weighted by Gasteiger charge is -2.17. The molecule has 0 bridgehead atoms. The van der Waals surface area contributed by atoms with Gasteiger partial charge in [0.25, 0.3) is 11.6 Å². The third-order valence-corrected chi connectivity index (χ3v) is 4.94. The number of hydrogen-bond donors (Lipinski definition) is 1. The molecule has 0 saturated carbocycles. The number of nitro benzene ring substituents is 1. The molecule has 6 nitrogen and oxygen atoms in total. The zero-order valence-corrected chi connectivity index (χ0v) is 14.2. The van der Waals surface area contributed by atoms with Crippen molar-refractivity contribution < 1.29 is 14.1 Å². The zero-order valence-electron chi connectivity index (χ0n) is 13.3. The van der Waals surface area contributed by atoms with Crippen molar-refractivity contribution >= 4 is 35.1 Å². The van der Waals surface area contributed by atoms with E-state index in [0.717, 1.165) is 10.6 Å². The second-order valence-corrected chi connectivity index (χ2v) is 6.62. The molecule has 7 heteroatoms. The lowest BCUT2D eigenvalue weighted by atomic mass is 10.1. The Morgan fingerprint density at radius 2 is 1.81 bits per heavy atom. The molecular weight excluding hydrogens is 352 g/mol. The topological polar surface area (TPSA) is 85.4 Å². The lowest BCUT2D eigenvalue weighted by molar-refractivity contribution is -0.384. The Balaban J connectivity index is 1.67. The molecule has 1 N–H and O–H groups in total. The minimum Gasteiger partial charge on any atom is -0.456 e. The molecule has 1 aliphatic rings. The summed E-state index contributed by atoms with van der Waals surface area (Å²) in [6.07, 6.45) is 1.63. The van der Waals surface area contributed by atoms with E-state index >= 15 is 0 Å². The van der Waals surface area contributed by atoms with E-state index in [1.165, 1.54) is 17.8 Å². The van der Waals surface area contributed by atoms with E-state index in [-0.39, 0.29) is 11.6 Å².